The lowest BCUT2D eigenvalue weighted by molar-refractivity contribution is -0.117. The molecule has 26 heavy (non-hydrogen) atoms. The highest BCUT2D eigenvalue weighted by molar-refractivity contribution is 8.00. The van der Waals surface area contributed by atoms with E-state index in [1.807, 2.05) is 26.0 Å². The number of hydrogen-bond donors (Lipinski definition) is 1. The van der Waals surface area contributed by atoms with Crippen LogP contribution in [0.2, 0.25) is 5.02 Å². The number of fused-ring (bicyclic) bond motifs is 1. The molecule has 0 saturated heterocycles. The molecule has 2 heterocycles. The first-order valence-electron chi connectivity index (χ1n) is 8.00. The van der Waals surface area contributed by atoms with Crippen molar-refractivity contribution in [2.24, 2.45) is 5.73 Å². The Labute approximate surface area is 163 Å². The Balaban J connectivity index is 1.90. The molecular weight excluding hydrogens is 392 g/mol. The number of carbonyl (C=O) groups is 1. The molecule has 3 rings (SSSR count). The number of benzene rings is 1. The van der Waals surface area contributed by atoms with Gasteiger partial charge in [-0.15, -0.1) is 11.3 Å². The maximum Gasteiger partial charge on any atom is 0.336 e. The molecule has 1 amide bonds. The minimum Gasteiger partial charge on any atom is -0.423 e. The van der Waals surface area contributed by atoms with Crippen LogP contribution in [0.15, 0.2) is 31.8 Å². The van der Waals surface area contributed by atoms with Crippen LogP contribution < -0.4 is 11.4 Å². The number of primary amides is 1. The second kappa shape index (κ2) is 7.82. The van der Waals surface area contributed by atoms with Crippen molar-refractivity contribution in [2.75, 3.05) is 0 Å². The van der Waals surface area contributed by atoms with Crippen LogP contribution in [0.5, 0.6) is 0 Å². The Bertz CT molecular complexity index is 1040. The van der Waals surface area contributed by atoms with E-state index in [0.717, 1.165) is 37.8 Å². The number of halogens is 1. The van der Waals surface area contributed by atoms with Gasteiger partial charge < -0.3 is 10.2 Å². The SMILES string of the molecule is CCc1cc2oc(=O)cc(CSc3nc(C)c(CC(N)=O)s3)c2cc1Cl. The molecule has 0 aliphatic heterocycles. The molecule has 0 aliphatic carbocycles. The molecule has 0 fully saturated rings. The zero-order valence-corrected chi connectivity index (χ0v) is 16.7. The van der Waals surface area contributed by atoms with E-state index in [9.17, 15) is 9.59 Å². The molecule has 0 bridgehead atoms. The molecule has 2 aromatic heterocycles. The number of thioether (sulfide) groups is 1. The molecule has 8 heteroatoms. The summed E-state index contributed by atoms with van der Waals surface area (Å²) in [6, 6.07) is 5.16. The van der Waals surface area contributed by atoms with Gasteiger partial charge in [-0.05, 0) is 36.6 Å². The van der Waals surface area contributed by atoms with Gasteiger partial charge in [-0.25, -0.2) is 9.78 Å². The fraction of sp³-hybridized carbons (Fsp3) is 0.278. The number of thiazole rings is 1. The molecule has 5 nitrogen and oxygen atoms in total. The van der Waals surface area contributed by atoms with E-state index in [4.69, 9.17) is 21.8 Å². The van der Waals surface area contributed by atoms with Crippen molar-refractivity contribution < 1.29 is 9.21 Å². The third-order valence-corrected chi connectivity index (χ3v) is 6.64. The standard InChI is InChI=1S/C18H17ClN2O3S2/c1-3-10-4-14-12(6-13(10)19)11(5-17(23)24-14)8-25-18-21-9(2)15(26-18)7-16(20)22/h4-6H,3,7-8H2,1-2H3,(H2,20,22). The highest BCUT2D eigenvalue weighted by Crippen LogP contribution is 2.33. The predicted molar refractivity (Wildman–Crippen MR) is 106 cm³/mol. The predicted octanol–water partition coefficient (Wildman–Crippen LogP) is 4.09. The van der Waals surface area contributed by atoms with E-state index in [1.54, 1.807) is 0 Å². The van der Waals surface area contributed by atoms with E-state index >= 15 is 0 Å². The number of carbonyl (C=O) groups excluding carboxylic acids is 1. The lowest BCUT2D eigenvalue weighted by atomic mass is 10.1. The number of rotatable bonds is 6. The highest BCUT2D eigenvalue weighted by Gasteiger charge is 2.13. The second-order valence-corrected chi connectivity index (χ2v) is 8.52. The van der Waals surface area contributed by atoms with Gasteiger partial charge >= 0.3 is 5.63 Å². The summed E-state index contributed by atoms with van der Waals surface area (Å²) in [6.07, 6.45) is 0.954. The number of aryl methyl sites for hydroxylation is 2. The summed E-state index contributed by atoms with van der Waals surface area (Å²) in [5.74, 6) is 0.175. The summed E-state index contributed by atoms with van der Waals surface area (Å²) in [5.41, 5.74) is 8.01. The molecule has 0 aliphatic rings. The van der Waals surface area contributed by atoms with Crippen LogP contribution in [-0.2, 0) is 23.4 Å². The van der Waals surface area contributed by atoms with Crippen molar-refractivity contribution in [3.63, 3.8) is 0 Å². The molecule has 1 aromatic carbocycles. The normalized spacial score (nSPS) is 11.2. The summed E-state index contributed by atoms with van der Waals surface area (Å²) in [7, 11) is 0. The molecule has 0 radical (unpaired) electrons. The van der Waals surface area contributed by atoms with E-state index in [1.165, 1.54) is 29.2 Å². The Morgan fingerprint density at radius 3 is 2.81 bits per heavy atom. The minimum absolute atomic E-state index is 0.192. The average Bonchev–Trinajstić information content (AvgIpc) is 2.91. The van der Waals surface area contributed by atoms with Gasteiger partial charge in [-0.2, -0.15) is 0 Å². The van der Waals surface area contributed by atoms with Gasteiger partial charge in [0.05, 0.1) is 12.1 Å². The first-order valence-corrected chi connectivity index (χ1v) is 10.2. The van der Waals surface area contributed by atoms with E-state index in [2.05, 4.69) is 4.98 Å². The van der Waals surface area contributed by atoms with Gasteiger partial charge in [-0.3, -0.25) is 4.79 Å². The number of nitrogens with two attached hydrogens (primary N) is 1. The topological polar surface area (TPSA) is 86.2 Å². The molecule has 2 N–H and O–H groups in total. The van der Waals surface area contributed by atoms with Crippen molar-refractivity contribution in [2.45, 2.75) is 36.8 Å². The molecule has 0 saturated carbocycles. The monoisotopic (exact) mass is 408 g/mol. The number of amides is 1. The lowest BCUT2D eigenvalue weighted by Gasteiger charge is -2.07. The van der Waals surface area contributed by atoms with Gasteiger partial charge in [0.15, 0.2) is 4.34 Å². The van der Waals surface area contributed by atoms with E-state index in [0.29, 0.717) is 16.4 Å². The van der Waals surface area contributed by atoms with Gasteiger partial charge in [0.25, 0.3) is 0 Å². The molecule has 0 unspecified atom stereocenters. The Hall–Kier alpha value is -1.83. The van der Waals surface area contributed by atoms with Crippen LogP contribution in [0.4, 0.5) is 0 Å². The van der Waals surface area contributed by atoms with Crippen LogP contribution in [-0.4, -0.2) is 10.9 Å². The maximum absolute atomic E-state index is 11.9. The number of nitrogens with zero attached hydrogens (tertiary/aromatic N) is 1. The third kappa shape index (κ3) is 4.11. The number of aromatic nitrogens is 1. The van der Waals surface area contributed by atoms with Gasteiger partial charge in [0, 0.05) is 27.1 Å². The Kier molecular flexibility index (Phi) is 5.70. The first-order chi connectivity index (χ1) is 12.4. The summed E-state index contributed by atoms with van der Waals surface area (Å²) in [5, 5.41) is 1.49. The quantitative estimate of drug-likeness (QED) is 0.490. The second-order valence-electron chi connectivity index (χ2n) is 5.80. The van der Waals surface area contributed by atoms with Crippen LogP contribution >= 0.6 is 34.7 Å². The smallest absolute Gasteiger partial charge is 0.336 e. The zero-order valence-electron chi connectivity index (χ0n) is 14.3. The molecule has 0 spiro atoms. The van der Waals surface area contributed by atoms with Crippen molar-refractivity contribution in [3.05, 3.63) is 55.3 Å². The Morgan fingerprint density at radius 1 is 1.35 bits per heavy atom. The maximum atomic E-state index is 11.9. The van der Waals surface area contributed by atoms with E-state index in [-0.39, 0.29) is 18.0 Å². The summed E-state index contributed by atoms with van der Waals surface area (Å²) in [4.78, 5) is 28.4. The summed E-state index contributed by atoms with van der Waals surface area (Å²) in [6.45, 7) is 3.86. The number of hydrogen-bond acceptors (Lipinski definition) is 6. The molecular formula is C18H17ClN2O3S2. The van der Waals surface area contributed by atoms with Crippen molar-refractivity contribution in [1.82, 2.24) is 4.98 Å². The van der Waals surface area contributed by atoms with Gasteiger partial charge in [0.2, 0.25) is 5.91 Å². The van der Waals surface area contributed by atoms with Crippen LogP contribution in [0.1, 0.15) is 28.6 Å². The minimum atomic E-state index is -0.387. The van der Waals surface area contributed by atoms with Gasteiger partial charge in [0.1, 0.15) is 5.58 Å². The largest absolute Gasteiger partial charge is 0.423 e. The summed E-state index contributed by atoms with van der Waals surface area (Å²) >= 11 is 9.28. The molecule has 3 aromatic rings. The van der Waals surface area contributed by atoms with Crippen LogP contribution in [0.25, 0.3) is 11.0 Å². The summed E-state index contributed by atoms with van der Waals surface area (Å²) < 4.78 is 6.16. The fourth-order valence-electron chi connectivity index (χ4n) is 2.60. The molecule has 0 atom stereocenters. The third-order valence-electron chi connectivity index (χ3n) is 3.94. The zero-order chi connectivity index (χ0) is 18.8. The van der Waals surface area contributed by atoms with E-state index < -0.39 is 0 Å². The highest BCUT2D eigenvalue weighted by atomic mass is 35.5. The fourth-order valence-corrected chi connectivity index (χ4v) is 5.14. The van der Waals surface area contributed by atoms with Gasteiger partial charge in [-0.1, -0.05) is 30.3 Å². The molecule has 136 valence electrons. The lowest BCUT2D eigenvalue weighted by Crippen LogP contribution is -2.13. The van der Waals surface area contributed by atoms with Crippen LogP contribution in [0.3, 0.4) is 0 Å². The average molecular weight is 409 g/mol. The van der Waals surface area contributed by atoms with Crippen molar-refractivity contribution in [1.29, 1.82) is 0 Å². The van der Waals surface area contributed by atoms with Crippen LogP contribution in [0, 0.1) is 6.92 Å². The first kappa shape index (κ1) is 18.9. The van der Waals surface area contributed by atoms with Crippen molar-refractivity contribution >= 4 is 51.6 Å². The Morgan fingerprint density at radius 2 is 2.12 bits per heavy atom. The van der Waals surface area contributed by atoms with Crippen molar-refractivity contribution in [3.8, 4) is 0 Å².